The first kappa shape index (κ1) is 10.4. The lowest BCUT2D eigenvalue weighted by atomic mass is 10.2. The van der Waals surface area contributed by atoms with E-state index in [-0.39, 0.29) is 6.10 Å². The normalized spacial score (nSPS) is 17.3. The lowest BCUT2D eigenvalue weighted by Crippen LogP contribution is -2.19. The molecule has 0 N–H and O–H groups in total. The Hall–Kier alpha value is 1.42. The van der Waals surface area contributed by atoms with Crippen LogP contribution in [0.25, 0.3) is 0 Å². The van der Waals surface area contributed by atoms with Crippen molar-refractivity contribution in [2.75, 3.05) is 4.43 Å². The van der Waals surface area contributed by atoms with E-state index in [4.69, 9.17) is 0 Å². The third-order valence-corrected chi connectivity index (χ3v) is 5.00. The fourth-order valence-electron chi connectivity index (χ4n) is 0.565. The Labute approximate surface area is 83.9 Å². The fraction of sp³-hybridized carbons (Fsp3) is 1.00. The van der Waals surface area contributed by atoms with Crippen LogP contribution in [0.5, 0.6) is 0 Å². The Balaban J connectivity index is 3.32. The number of rotatable bonds is 4. The van der Waals surface area contributed by atoms with E-state index in [9.17, 15) is 5.11 Å². The Morgan fingerprint density at radius 2 is 2.11 bits per heavy atom. The van der Waals surface area contributed by atoms with Gasteiger partial charge >= 0.3 is 0 Å². The molecule has 3 heteroatoms. The lowest BCUT2D eigenvalue weighted by molar-refractivity contribution is 0.0870. The van der Waals surface area contributed by atoms with E-state index in [1.54, 1.807) is 0 Å². The fourth-order valence-corrected chi connectivity index (χ4v) is 1.49. The molecule has 0 saturated carbocycles. The Kier molecular flexibility index (Phi) is 7.12. The predicted octanol–water partition coefficient (Wildman–Crippen LogP) is 2.82. The van der Waals surface area contributed by atoms with Gasteiger partial charge in [0.1, 0.15) is 6.10 Å². The molecule has 0 rings (SSSR count). The minimum Gasteiger partial charge on any atom is -0.232 e. The van der Waals surface area contributed by atoms with Crippen LogP contribution in [0.3, 0.4) is 0 Å². The maximum atomic E-state index is 11.0. The minimum atomic E-state index is -0.340. The molecule has 0 aliphatic carbocycles. The monoisotopic (exact) mass is 353 g/mol. The van der Waals surface area contributed by atoms with Crippen LogP contribution >= 0.6 is 45.2 Å². The second kappa shape index (κ2) is 6.15. The van der Waals surface area contributed by atoms with Gasteiger partial charge in [0, 0.05) is 8.35 Å². The largest absolute Gasteiger partial charge is 0.232 e. The van der Waals surface area contributed by atoms with E-state index in [1.165, 1.54) is 0 Å². The predicted molar refractivity (Wildman–Crippen MR) is 56.1 cm³/mol. The van der Waals surface area contributed by atoms with Crippen LogP contribution in [0, 0.1) is 0 Å². The quantitative estimate of drug-likeness (QED) is 0.547. The van der Waals surface area contributed by atoms with Crippen LogP contribution in [0.15, 0.2) is 0 Å². The van der Waals surface area contributed by atoms with Crippen molar-refractivity contribution in [1.29, 1.82) is 0 Å². The molecule has 2 unspecified atom stereocenters. The zero-order valence-electron chi connectivity index (χ0n) is 5.44. The van der Waals surface area contributed by atoms with Crippen LogP contribution in [0.4, 0.5) is 0 Å². The molecule has 9 heavy (non-hydrogen) atoms. The summed E-state index contributed by atoms with van der Waals surface area (Å²) in [5.74, 6) is 0. The summed E-state index contributed by atoms with van der Waals surface area (Å²) < 4.78 is 1.30. The van der Waals surface area contributed by atoms with Crippen molar-refractivity contribution in [2.24, 2.45) is 0 Å². The number of hydrogen-bond acceptors (Lipinski definition) is 0. The minimum absolute atomic E-state index is 0.322. The highest BCUT2D eigenvalue weighted by Crippen LogP contribution is 2.14. The number of halogens is 2. The van der Waals surface area contributed by atoms with Gasteiger partial charge in [0.25, 0.3) is 0 Å². The molecule has 0 amide bonds. The summed E-state index contributed by atoms with van der Waals surface area (Å²) in [5.41, 5.74) is 0. The van der Waals surface area contributed by atoms with E-state index in [1.807, 2.05) is 0 Å². The van der Waals surface area contributed by atoms with E-state index in [0.29, 0.717) is 3.92 Å². The van der Waals surface area contributed by atoms with Crippen LogP contribution in [0.1, 0.15) is 19.8 Å². The number of alkyl halides is 2. The van der Waals surface area contributed by atoms with Crippen molar-refractivity contribution in [3.63, 3.8) is 0 Å². The molecular weight excluding hydrogens is 342 g/mol. The van der Waals surface area contributed by atoms with Crippen LogP contribution < -0.4 is 0 Å². The van der Waals surface area contributed by atoms with Crippen molar-refractivity contribution in [3.8, 4) is 0 Å². The van der Waals surface area contributed by atoms with Crippen LogP contribution in [-0.2, 0) is 5.11 Å². The van der Waals surface area contributed by atoms with E-state index >= 15 is 0 Å². The molecule has 0 aliphatic rings. The molecule has 0 aromatic carbocycles. The maximum Gasteiger partial charge on any atom is 0.105 e. The van der Waals surface area contributed by atoms with Crippen molar-refractivity contribution < 1.29 is 5.11 Å². The van der Waals surface area contributed by atoms with Crippen molar-refractivity contribution in [1.82, 2.24) is 0 Å². The van der Waals surface area contributed by atoms with Crippen molar-refractivity contribution >= 4 is 45.2 Å². The zero-order valence-corrected chi connectivity index (χ0v) is 9.76. The van der Waals surface area contributed by atoms with Crippen molar-refractivity contribution in [3.05, 3.63) is 0 Å². The van der Waals surface area contributed by atoms with Crippen LogP contribution in [-0.4, -0.2) is 14.5 Å². The smallest absolute Gasteiger partial charge is 0.105 e. The SMILES string of the molecule is CCCC([O])C(I)CI. The van der Waals surface area contributed by atoms with Gasteiger partial charge in [0.15, 0.2) is 0 Å². The first-order chi connectivity index (χ1) is 4.22. The van der Waals surface area contributed by atoms with Gasteiger partial charge in [-0.15, -0.1) is 0 Å². The summed E-state index contributed by atoms with van der Waals surface area (Å²) in [5, 5.41) is 11.0. The Morgan fingerprint density at radius 3 is 2.44 bits per heavy atom. The van der Waals surface area contributed by atoms with Gasteiger partial charge in [0.05, 0.1) is 0 Å². The van der Waals surface area contributed by atoms with Gasteiger partial charge in [-0.3, -0.25) is 0 Å². The lowest BCUT2D eigenvalue weighted by Gasteiger charge is -2.10. The molecule has 0 saturated heterocycles. The summed E-state index contributed by atoms with van der Waals surface area (Å²) in [4.78, 5) is 0. The molecular formula is C6H11I2O. The average Bonchev–Trinajstić information content (AvgIpc) is 1.87. The Bertz CT molecular complexity index is 68.1. The summed E-state index contributed by atoms with van der Waals surface area (Å²) in [7, 11) is 0. The van der Waals surface area contributed by atoms with E-state index in [0.717, 1.165) is 17.3 Å². The standard InChI is InChI=1S/C6H11I2O/c1-2-3-6(9)5(8)4-7/h5-6H,2-4H2,1H3. The molecule has 55 valence electrons. The highest BCUT2D eigenvalue weighted by molar-refractivity contribution is 14.1. The Morgan fingerprint density at radius 1 is 1.56 bits per heavy atom. The third-order valence-electron chi connectivity index (χ3n) is 1.12. The van der Waals surface area contributed by atoms with Gasteiger partial charge in [-0.25, -0.2) is 5.11 Å². The van der Waals surface area contributed by atoms with Gasteiger partial charge in [-0.05, 0) is 6.42 Å². The second-order valence-electron chi connectivity index (χ2n) is 2.00. The number of hydrogen-bond donors (Lipinski definition) is 0. The van der Waals surface area contributed by atoms with E-state index in [2.05, 4.69) is 52.1 Å². The first-order valence-electron chi connectivity index (χ1n) is 3.08. The molecule has 0 aromatic heterocycles. The average molecular weight is 353 g/mol. The van der Waals surface area contributed by atoms with Gasteiger partial charge < -0.3 is 0 Å². The van der Waals surface area contributed by atoms with Gasteiger partial charge in [0.2, 0.25) is 0 Å². The highest BCUT2D eigenvalue weighted by atomic mass is 127. The molecule has 0 heterocycles. The molecule has 2 atom stereocenters. The second-order valence-corrected chi connectivity index (χ2v) is 4.48. The topological polar surface area (TPSA) is 19.9 Å². The van der Waals surface area contributed by atoms with E-state index < -0.39 is 0 Å². The van der Waals surface area contributed by atoms with Gasteiger partial charge in [-0.1, -0.05) is 58.5 Å². The molecule has 0 spiro atoms. The maximum absolute atomic E-state index is 11.0. The van der Waals surface area contributed by atoms with Gasteiger partial charge in [-0.2, -0.15) is 0 Å². The molecule has 0 aromatic rings. The molecule has 1 nitrogen and oxygen atoms in total. The molecule has 0 aliphatic heterocycles. The summed E-state index contributed by atoms with van der Waals surface area (Å²) in [6.45, 7) is 2.06. The highest BCUT2D eigenvalue weighted by Gasteiger charge is 2.14. The molecule has 1 radical (unpaired) electrons. The summed E-state index contributed by atoms with van der Waals surface area (Å²) in [6.07, 6.45) is 1.51. The summed E-state index contributed by atoms with van der Waals surface area (Å²) in [6, 6.07) is 0. The third kappa shape index (κ3) is 4.78. The first-order valence-corrected chi connectivity index (χ1v) is 5.85. The zero-order chi connectivity index (χ0) is 7.28. The summed E-state index contributed by atoms with van der Waals surface area (Å²) >= 11 is 4.50. The molecule has 0 fully saturated rings. The van der Waals surface area contributed by atoms with Crippen LogP contribution in [0.2, 0.25) is 0 Å². The van der Waals surface area contributed by atoms with Crippen molar-refractivity contribution in [2.45, 2.75) is 29.8 Å². The molecule has 0 bridgehead atoms.